The van der Waals surface area contributed by atoms with Crippen molar-refractivity contribution in [2.24, 2.45) is 0 Å². The summed E-state index contributed by atoms with van der Waals surface area (Å²) in [6.07, 6.45) is 2.24. The van der Waals surface area contributed by atoms with E-state index in [0.29, 0.717) is 6.42 Å². The summed E-state index contributed by atoms with van der Waals surface area (Å²) < 4.78 is 5.22. The first kappa shape index (κ1) is 13.1. The second-order valence-corrected chi connectivity index (χ2v) is 4.35. The molecule has 5 nitrogen and oxygen atoms in total. The van der Waals surface area contributed by atoms with Crippen molar-refractivity contribution >= 4 is 5.97 Å². The van der Waals surface area contributed by atoms with E-state index >= 15 is 0 Å². The monoisotopic (exact) mass is 260 g/mol. The van der Waals surface area contributed by atoms with E-state index in [1.807, 2.05) is 25.1 Å². The number of ether oxygens (including phenoxy) is 1. The molecule has 0 saturated carbocycles. The molecule has 0 aliphatic carbocycles. The number of H-pyrrole nitrogens is 1. The van der Waals surface area contributed by atoms with E-state index in [2.05, 4.69) is 10.2 Å². The molecule has 0 aliphatic rings. The number of aryl methyl sites for hydroxylation is 2. The number of rotatable bonds is 5. The van der Waals surface area contributed by atoms with Crippen LogP contribution in [0.25, 0.3) is 11.3 Å². The fourth-order valence-electron chi connectivity index (χ4n) is 2.03. The Hall–Kier alpha value is -2.30. The molecule has 0 amide bonds. The van der Waals surface area contributed by atoms with E-state index in [4.69, 9.17) is 9.84 Å². The normalized spacial score (nSPS) is 10.4. The highest BCUT2D eigenvalue weighted by Gasteiger charge is 2.10. The van der Waals surface area contributed by atoms with Crippen molar-refractivity contribution in [3.8, 4) is 17.0 Å². The molecule has 0 fully saturated rings. The van der Waals surface area contributed by atoms with E-state index in [9.17, 15) is 4.79 Å². The Morgan fingerprint density at radius 2 is 2.26 bits per heavy atom. The van der Waals surface area contributed by atoms with Gasteiger partial charge in [0.25, 0.3) is 0 Å². The van der Waals surface area contributed by atoms with Crippen LogP contribution in [0.15, 0.2) is 24.4 Å². The van der Waals surface area contributed by atoms with Gasteiger partial charge in [0, 0.05) is 12.0 Å². The zero-order chi connectivity index (χ0) is 13.8. The average molecular weight is 260 g/mol. The van der Waals surface area contributed by atoms with Crippen LogP contribution in [0.2, 0.25) is 0 Å². The van der Waals surface area contributed by atoms with E-state index in [-0.39, 0.29) is 6.42 Å². The van der Waals surface area contributed by atoms with Crippen LogP contribution in [-0.2, 0) is 11.2 Å². The van der Waals surface area contributed by atoms with Crippen molar-refractivity contribution in [2.75, 3.05) is 7.11 Å². The maximum absolute atomic E-state index is 10.6. The summed E-state index contributed by atoms with van der Waals surface area (Å²) >= 11 is 0. The minimum Gasteiger partial charge on any atom is -0.496 e. The summed E-state index contributed by atoms with van der Waals surface area (Å²) in [5, 5.41) is 15.7. The standard InChI is InChI=1S/C14H16N2O3/c1-9-7-10(3-5-12(9)19-2)14-11(8-15-16-14)4-6-13(17)18/h3,5,7-8H,4,6H2,1-2H3,(H,15,16)(H,17,18). The van der Waals surface area contributed by atoms with Crippen LogP contribution in [0.3, 0.4) is 0 Å². The number of hydrogen-bond acceptors (Lipinski definition) is 3. The minimum absolute atomic E-state index is 0.0989. The smallest absolute Gasteiger partial charge is 0.303 e. The zero-order valence-corrected chi connectivity index (χ0v) is 10.9. The molecule has 2 N–H and O–H groups in total. The largest absolute Gasteiger partial charge is 0.496 e. The number of benzene rings is 1. The molecule has 1 aromatic carbocycles. The summed E-state index contributed by atoms with van der Waals surface area (Å²) in [5.74, 6) is 0.0217. The minimum atomic E-state index is -0.807. The van der Waals surface area contributed by atoms with Gasteiger partial charge in [0.2, 0.25) is 0 Å². The van der Waals surface area contributed by atoms with E-state index < -0.39 is 5.97 Å². The second-order valence-electron chi connectivity index (χ2n) is 4.35. The summed E-state index contributed by atoms with van der Waals surface area (Å²) in [4.78, 5) is 10.6. The van der Waals surface area contributed by atoms with Crippen molar-refractivity contribution in [3.63, 3.8) is 0 Å². The Morgan fingerprint density at radius 3 is 2.89 bits per heavy atom. The number of carboxylic acid groups (broad SMARTS) is 1. The molecule has 1 aromatic heterocycles. The maximum Gasteiger partial charge on any atom is 0.303 e. The molecular weight excluding hydrogens is 244 g/mol. The van der Waals surface area contributed by atoms with E-state index in [1.54, 1.807) is 13.3 Å². The predicted molar refractivity (Wildman–Crippen MR) is 71.3 cm³/mol. The van der Waals surface area contributed by atoms with Crippen molar-refractivity contribution < 1.29 is 14.6 Å². The molecule has 0 saturated heterocycles. The summed E-state index contributed by atoms with van der Waals surface area (Å²) in [6.45, 7) is 1.97. The lowest BCUT2D eigenvalue weighted by atomic mass is 10.0. The number of aromatic nitrogens is 2. The van der Waals surface area contributed by atoms with Gasteiger partial charge in [-0.3, -0.25) is 9.89 Å². The third kappa shape index (κ3) is 2.93. The van der Waals surface area contributed by atoms with Crippen molar-refractivity contribution in [1.82, 2.24) is 10.2 Å². The lowest BCUT2D eigenvalue weighted by Gasteiger charge is -2.07. The maximum atomic E-state index is 10.6. The Bertz CT molecular complexity index is 590. The molecule has 0 bridgehead atoms. The number of carboxylic acids is 1. The third-order valence-electron chi connectivity index (χ3n) is 3.01. The highest BCUT2D eigenvalue weighted by molar-refractivity contribution is 5.69. The molecule has 2 rings (SSSR count). The van der Waals surface area contributed by atoms with Gasteiger partial charge in [-0.2, -0.15) is 5.10 Å². The molecule has 100 valence electrons. The van der Waals surface area contributed by atoms with Crippen LogP contribution in [0.1, 0.15) is 17.5 Å². The first-order valence-corrected chi connectivity index (χ1v) is 6.01. The van der Waals surface area contributed by atoms with Crippen LogP contribution in [0, 0.1) is 6.92 Å². The molecule has 1 heterocycles. The lowest BCUT2D eigenvalue weighted by molar-refractivity contribution is -0.136. The Labute approximate surface area is 111 Å². The number of aromatic amines is 1. The van der Waals surface area contributed by atoms with Crippen LogP contribution in [0.5, 0.6) is 5.75 Å². The SMILES string of the molecule is COc1ccc(-c2[nH]ncc2CCC(=O)O)cc1C. The van der Waals surface area contributed by atoms with Crippen LogP contribution in [-0.4, -0.2) is 28.4 Å². The molecule has 0 atom stereocenters. The van der Waals surface area contributed by atoms with Gasteiger partial charge < -0.3 is 9.84 Å². The van der Waals surface area contributed by atoms with Gasteiger partial charge in [0.05, 0.1) is 19.0 Å². The second kappa shape index (κ2) is 5.56. The Morgan fingerprint density at radius 1 is 1.47 bits per heavy atom. The van der Waals surface area contributed by atoms with Crippen molar-refractivity contribution in [2.45, 2.75) is 19.8 Å². The number of carbonyl (C=O) groups is 1. The van der Waals surface area contributed by atoms with Gasteiger partial charge in [-0.1, -0.05) is 0 Å². The number of methoxy groups -OCH3 is 1. The Kier molecular flexibility index (Phi) is 3.85. The fraction of sp³-hybridized carbons (Fsp3) is 0.286. The number of hydrogen-bond donors (Lipinski definition) is 2. The first-order chi connectivity index (χ1) is 9.11. The van der Waals surface area contributed by atoms with Gasteiger partial charge in [0.1, 0.15) is 5.75 Å². The van der Waals surface area contributed by atoms with E-state index in [1.165, 1.54) is 0 Å². The number of nitrogens with one attached hydrogen (secondary N) is 1. The summed E-state index contributed by atoms with van der Waals surface area (Å²) in [7, 11) is 1.64. The van der Waals surface area contributed by atoms with E-state index in [0.717, 1.165) is 28.1 Å². The Balaban J connectivity index is 2.29. The molecule has 2 aromatic rings. The molecule has 0 unspecified atom stereocenters. The van der Waals surface area contributed by atoms with Gasteiger partial charge in [-0.05, 0) is 42.7 Å². The fourth-order valence-corrected chi connectivity index (χ4v) is 2.03. The molecule has 0 radical (unpaired) electrons. The van der Waals surface area contributed by atoms with Crippen LogP contribution >= 0.6 is 0 Å². The third-order valence-corrected chi connectivity index (χ3v) is 3.01. The highest BCUT2D eigenvalue weighted by Crippen LogP contribution is 2.27. The number of nitrogens with zero attached hydrogens (tertiary/aromatic N) is 1. The highest BCUT2D eigenvalue weighted by atomic mass is 16.5. The lowest BCUT2D eigenvalue weighted by Crippen LogP contribution is -1.98. The van der Waals surface area contributed by atoms with Gasteiger partial charge in [-0.15, -0.1) is 0 Å². The van der Waals surface area contributed by atoms with Crippen molar-refractivity contribution in [1.29, 1.82) is 0 Å². The molecule has 0 spiro atoms. The quantitative estimate of drug-likeness (QED) is 0.865. The van der Waals surface area contributed by atoms with Gasteiger partial charge in [0.15, 0.2) is 0 Å². The first-order valence-electron chi connectivity index (χ1n) is 6.01. The zero-order valence-electron chi connectivity index (χ0n) is 10.9. The van der Waals surface area contributed by atoms with Crippen molar-refractivity contribution in [3.05, 3.63) is 35.5 Å². The van der Waals surface area contributed by atoms with Crippen LogP contribution < -0.4 is 4.74 Å². The molecular formula is C14H16N2O3. The molecule has 0 aliphatic heterocycles. The summed E-state index contributed by atoms with van der Waals surface area (Å²) in [6, 6.07) is 5.83. The summed E-state index contributed by atoms with van der Waals surface area (Å²) in [5.41, 5.74) is 3.79. The average Bonchev–Trinajstić information content (AvgIpc) is 2.84. The van der Waals surface area contributed by atoms with Crippen LogP contribution in [0.4, 0.5) is 0 Å². The van der Waals surface area contributed by atoms with Gasteiger partial charge in [-0.25, -0.2) is 0 Å². The van der Waals surface area contributed by atoms with Gasteiger partial charge >= 0.3 is 5.97 Å². The topological polar surface area (TPSA) is 75.2 Å². The molecule has 19 heavy (non-hydrogen) atoms. The predicted octanol–water partition coefficient (Wildman–Crippen LogP) is 2.41. The number of aliphatic carboxylic acids is 1. The molecule has 5 heteroatoms.